The number of rotatable bonds is 6. The van der Waals surface area contributed by atoms with Gasteiger partial charge in [-0.25, -0.2) is 18.2 Å². The van der Waals surface area contributed by atoms with Crippen LogP contribution in [0.25, 0.3) is 16.6 Å². The van der Waals surface area contributed by atoms with Crippen LogP contribution in [-0.4, -0.2) is 53.5 Å². The van der Waals surface area contributed by atoms with Gasteiger partial charge in [-0.05, 0) is 43.2 Å². The molecule has 0 saturated carbocycles. The van der Waals surface area contributed by atoms with Gasteiger partial charge in [-0.3, -0.25) is 0 Å². The minimum absolute atomic E-state index is 0.00797. The van der Waals surface area contributed by atoms with Gasteiger partial charge in [-0.1, -0.05) is 18.2 Å². The molecule has 2 aromatic carbocycles. The number of para-hydroxylation sites is 2. The molecule has 9 nitrogen and oxygen atoms in total. The topological polar surface area (TPSA) is 136 Å². The predicted octanol–water partition coefficient (Wildman–Crippen LogP) is 3.00. The highest BCUT2D eigenvalue weighted by Crippen LogP contribution is 2.22. The van der Waals surface area contributed by atoms with E-state index in [2.05, 4.69) is 9.97 Å². The SMILES string of the molecule is N#CC(=C(O)COC(=O)c1cccc(S(=O)(=O)N2CCCC2)c1)c1nc2ccccc2[nH]1. The van der Waals surface area contributed by atoms with Crippen LogP contribution in [0.5, 0.6) is 0 Å². The van der Waals surface area contributed by atoms with E-state index in [9.17, 15) is 23.6 Å². The number of hydrogen-bond acceptors (Lipinski definition) is 7. The molecule has 1 aromatic heterocycles. The molecule has 4 rings (SSSR count). The number of aromatic amines is 1. The van der Waals surface area contributed by atoms with Crippen molar-refractivity contribution in [1.29, 1.82) is 5.26 Å². The number of imidazole rings is 1. The third-order valence-corrected chi connectivity index (χ3v) is 7.03. The predicted molar refractivity (Wildman–Crippen MR) is 116 cm³/mol. The van der Waals surface area contributed by atoms with Crippen molar-refractivity contribution in [3.63, 3.8) is 0 Å². The summed E-state index contributed by atoms with van der Waals surface area (Å²) in [6.45, 7) is 0.338. The summed E-state index contributed by atoms with van der Waals surface area (Å²) in [6.07, 6.45) is 1.61. The number of esters is 1. The fourth-order valence-corrected chi connectivity index (χ4v) is 5.04. The lowest BCUT2D eigenvalue weighted by Crippen LogP contribution is -2.28. The summed E-state index contributed by atoms with van der Waals surface area (Å²) in [6, 6.07) is 14.6. The lowest BCUT2D eigenvalue weighted by molar-refractivity contribution is 0.0502. The second-order valence-corrected chi connectivity index (χ2v) is 9.19. The minimum Gasteiger partial charge on any atom is -0.507 e. The molecule has 0 aliphatic carbocycles. The van der Waals surface area contributed by atoms with Crippen molar-refractivity contribution >= 4 is 32.6 Å². The van der Waals surface area contributed by atoms with Crippen LogP contribution in [0.3, 0.4) is 0 Å². The molecule has 0 unspecified atom stereocenters. The average Bonchev–Trinajstić information content (AvgIpc) is 3.48. The quantitative estimate of drug-likeness (QED) is 0.333. The van der Waals surface area contributed by atoms with Crippen LogP contribution in [0.1, 0.15) is 29.0 Å². The Labute approximate surface area is 184 Å². The molecular formula is C22H20N4O5S. The van der Waals surface area contributed by atoms with E-state index >= 15 is 0 Å². The van der Waals surface area contributed by atoms with Crippen molar-refractivity contribution in [3.05, 3.63) is 65.7 Å². The second kappa shape index (κ2) is 8.82. The number of aliphatic hydroxyl groups is 1. The number of carbonyl (C=O) groups is 1. The second-order valence-electron chi connectivity index (χ2n) is 7.25. The Morgan fingerprint density at radius 2 is 1.94 bits per heavy atom. The Morgan fingerprint density at radius 3 is 2.66 bits per heavy atom. The maximum absolute atomic E-state index is 12.7. The van der Waals surface area contributed by atoms with E-state index in [0.717, 1.165) is 12.8 Å². The van der Waals surface area contributed by atoms with Gasteiger partial charge in [0.2, 0.25) is 10.0 Å². The lowest BCUT2D eigenvalue weighted by atomic mass is 10.2. The van der Waals surface area contributed by atoms with Gasteiger partial charge in [0.05, 0.1) is 21.5 Å². The van der Waals surface area contributed by atoms with Crippen LogP contribution >= 0.6 is 0 Å². The number of H-pyrrole nitrogens is 1. The van der Waals surface area contributed by atoms with E-state index < -0.39 is 28.4 Å². The first-order valence-electron chi connectivity index (χ1n) is 9.95. The fourth-order valence-electron chi connectivity index (χ4n) is 3.48. The molecule has 32 heavy (non-hydrogen) atoms. The summed E-state index contributed by atoms with van der Waals surface area (Å²) >= 11 is 0. The van der Waals surface area contributed by atoms with Gasteiger partial charge < -0.3 is 14.8 Å². The van der Waals surface area contributed by atoms with Crippen LogP contribution in [0.4, 0.5) is 0 Å². The molecule has 1 aliphatic heterocycles. The normalized spacial score (nSPS) is 15.3. The number of allylic oxidation sites excluding steroid dienone is 1. The van der Waals surface area contributed by atoms with Crippen molar-refractivity contribution in [3.8, 4) is 6.07 Å². The smallest absolute Gasteiger partial charge is 0.338 e. The molecule has 0 atom stereocenters. The van der Waals surface area contributed by atoms with Gasteiger partial charge in [0.25, 0.3) is 0 Å². The van der Waals surface area contributed by atoms with Crippen molar-refractivity contribution < 1.29 is 23.1 Å². The molecule has 1 fully saturated rings. The monoisotopic (exact) mass is 452 g/mol. The number of nitrogens with one attached hydrogen (secondary N) is 1. The molecule has 0 radical (unpaired) electrons. The number of hydrogen-bond donors (Lipinski definition) is 2. The number of ether oxygens (including phenoxy) is 1. The molecule has 0 spiro atoms. The molecular weight excluding hydrogens is 432 g/mol. The van der Waals surface area contributed by atoms with E-state index in [1.807, 2.05) is 6.07 Å². The van der Waals surface area contributed by atoms with Gasteiger partial charge in [0, 0.05) is 13.1 Å². The Morgan fingerprint density at radius 1 is 1.19 bits per heavy atom. The zero-order valence-electron chi connectivity index (χ0n) is 17.0. The third kappa shape index (κ3) is 4.21. The van der Waals surface area contributed by atoms with Crippen molar-refractivity contribution in [2.24, 2.45) is 0 Å². The number of sulfonamides is 1. The van der Waals surface area contributed by atoms with Crippen molar-refractivity contribution in [2.75, 3.05) is 19.7 Å². The summed E-state index contributed by atoms with van der Waals surface area (Å²) in [7, 11) is -3.68. The van der Waals surface area contributed by atoms with E-state index in [-0.39, 0.29) is 21.9 Å². The zero-order chi connectivity index (χ0) is 22.7. The van der Waals surface area contributed by atoms with Crippen LogP contribution in [0.2, 0.25) is 0 Å². The van der Waals surface area contributed by atoms with Gasteiger partial charge in [0.1, 0.15) is 18.2 Å². The highest BCUT2D eigenvalue weighted by atomic mass is 32.2. The highest BCUT2D eigenvalue weighted by molar-refractivity contribution is 7.89. The van der Waals surface area contributed by atoms with Gasteiger partial charge in [-0.15, -0.1) is 0 Å². The molecule has 1 aliphatic rings. The van der Waals surface area contributed by atoms with Crippen LogP contribution in [0.15, 0.2) is 59.2 Å². The summed E-state index contributed by atoms with van der Waals surface area (Å²) < 4.78 is 31.9. The number of nitrogens with zero attached hydrogens (tertiary/aromatic N) is 3. The lowest BCUT2D eigenvalue weighted by Gasteiger charge is -2.15. The standard InChI is InChI=1S/C22H20N4O5S/c23-13-17(21-24-18-8-1-2-9-19(18)25-21)20(27)14-31-22(28)15-6-5-7-16(12-15)32(29,30)26-10-3-4-11-26/h1-2,5-9,12,27H,3-4,10-11,14H2,(H,24,25). The minimum atomic E-state index is -3.68. The first kappa shape index (κ1) is 21.5. The Hall–Kier alpha value is -3.68. The van der Waals surface area contributed by atoms with Gasteiger partial charge >= 0.3 is 5.97 Å². The number of benzene rings is 2. The number of aromatic nitrogens is 2. The van der Waals surface area contributed by atoms with Gasteiger partial charge in [-0.2, -0.15) is 9.57 Å². The highest BCUT2D eigenvalue weighted by Gasteiger charge is 2.28. The third-order valence-electron chi connectivity index (χ3n) is 5.14. The molecule has 0 bridgehead atoms. The molecule has 10 heteroatoms. The van der Waals surface area contributed by atoms with E-state index in [0.29, 0.717) is 24.1 Å². The Balaban J connectivity index is 1.51. The van der Waals surface area contributed by atoms with E-state index in [1.165, 1.54) is 28.6 Å². The summed E-state index contributed by atoms with van der Waals surface area (Å²) in [5.74, 6) is -1.14. The van der Waals surface area contributed by atoms with Gasteiger partial charge in [0.15, 0.2) is 11.6 Å². The largest absolute Gasteiger partial charge is 0.507 e. The Kier molecular flexibility index (Phi) is 5.94. The summed E-state index contributed by atoms with van der Waals surface area (Å²) in [5.41, 5.74) is 1.19. The van der Waals surface area contributed by atoms with E-state index in [1.54, 1.807) is 24.3 Å². The molecule has 0 amide bonds. The van der Waals surface area contributed by atoms with Crippen LogP contribution < -0.4 is 0 Å². The Bertz CT molecular complexity index is 1310. The van der Waals surface area contributed by atoms with Crippen molar-refractivity contribution in [1.82, 2.24) is 14.3 Å². The molecule has 2 N–H and O–H groups in total. The maximum Gasteiger partial charge on any atom is 0.338 e. The zero-order valence-corrected chi connectivity index (χ0v) is 17.8. The van der Waals surface area contributed by atoms with Crippen LogP contribution in [-0.2, 0) is 14.8 Å². The van der Waals surface area contributed by atoms with E-state index in [4.69, 9.17) is 4.74 Å². The maximum atomic E-state index is 12.7. The number of fused-ring (bicyclic) bond motifs is 1. The number of aliphatic hydroxyl groups excluding tert-OH is 1. The molecule has 2 heterocycles. The summed E-state index contributed by atoms with van der Waals surface area (Å²) in [4.78, 5) is 19.7. The molecule has 1 saturated heterocycles. The van der Waals surface area contributed by atoms with Crippen molar-refractivity contribution in [2.45, 2.75) is 17.7 Å². The van der Waals surface area contributed by atoms with Crippen LogP contribution in [0, 0.1) is 11.3 Å². The first-order valence-corrected chi connectivity index (χ1v) is 11.4. The first-order chi connectivity index (χ1) is 15.4. The molecule has 3 aromatic rings. The summed E-state index contributed by atoms with van der Waals surface area (Å²) in [5, 5.41) is 19.8. The average molecular weight is 452 g/mol. The number of carbonyl (C=O) groups excluding carboxylic acids is 1. The number of nitriles is 1. The fraction of sp³-hybridized carbons (Fsp3) is 0.227. The molecule has 164 valence electrons.